The van der Waals surface area contributed by atoms with Gasteiger partial charge in [0.25, 0.3) is 0 Å². The van der Waals surface area contributed by atoms with E-state index in [1.165, 1.54) is 5.32 Å². The topological polar surface area (TPSA) is 86.6 Å². The highest BCUT2D eigenvalue weighted by atomic mass is 35.5. The quantitative estimate of drug-likeness (QED) is 0.727. The van der Waals surface area contributed by atoms with Crippen LogP contribution in [0.3, 0.4) is 0 Å². The predicted octanol–water partition coefficient (Wildman–Crippen LogP) is 2.24. The highest BCUT2D eigenvalue weighted by Crippen LogP contribution is 2.34. The lowest BCUT2D eigenvalue weighted by atomic mass is 10.1. The van der Waals surface area contributed by atoms with Gasteiger partial charge in [0.15, 0.2) is 0 Å². The van der Waals surface area contributed by atoms with Crippen LogP contribution in [0.2, 0.25) is 5.02 Å². The summed E-state index contributed by atoms with van der Waals surface area (Å²) >= 11 is 5.47. The fourth-order valence-corrected chi connectivity index (χ4v) is 1.32. The Hall–Kier alpha value is -1.96. The molecule has 0 heterocycles. The van der Waals surface area contributed by atoms with E-state index in [4.69, 9.17) is 16.7 Å². The van der Waals surface area contributed by atoms with Crippen LogP contribution in [0, 0.1) is 0 Å². The van der Waals surface area contributed by atoms with Gasteiger partial charge in [0, 0.05) is 0 Å². The maximum atomic E-state index is 12.0. The molecule has 0 atom stereocenters. The van der Waals surface area contributed by atoms with Crippen molar-refractivity contribution >= 4 is 29.2 Å². The van der Waals surface area contributed by atoms with Crippen LogP contribution in [0.25, 0.3) is 0 Å². The van der Waals surface area contributed by atoms with E-state index >= 15 is 0 Å². The number of hydrogen-bond donors (Lipinski definition) is 3. The first kappa shape index (κ1) is 14.1. The molecule has 5 nitrogen and oxygen atoms in total. The molecule has 1 aromatic carbocycles. The number of aromatic hydroxyl groups is 1. The number of alkyl halides is 3. The van der Waals surface area contributed by atoms with Crippen LogP contribution in [-0.2, 0) is 4.79 Å². The van der Waals surface area contributed by atoms with E-state index in [9.17, 15) is 27.9 Å². The molecule has 0 saturated heterocycles. The number of aromatic carboxylic acids is 1. The van der Waals surface area contributed by atoms with Crippen molar-refractivity contribution in [2.45, 2.75) is 6.18 Å². The van der Waals surface area contributed by atoms with Gasteiger partial charge < -0.3 is 15.5 Å². The Morgan fingerprint density at radius 2 is 1.83 bits per heavy atom. The molecule has 98 valence electrons. The first-order valence-electron chi connectivity index (χ1n) is 4.27. The normalized spacial score (nSPS) is 11.1. The molecule has 1 amide bonds. The zero-order valence-corrected chi connectivity index (χ0v) is 9.13. The molecule has 0 aliphatic rings. The molecule has 1 rings (SSSR count). The second kappa shape index (κ2) is 4.73. The maximum Gasteiger partial charge on any atom is 0.471 e. The number of phenols is 1. The number of halogens is 4. The molecule has 9 heteroatoms. The molecule has 0 saturated carbocycles. The van der Waals surface area contributed by atoms with E-state index in [0.29, 0.717) is 0 Å². The Kier molecular flexibility index (Phi) is 3.70. The Morgan fingerprint density at radius 3 is 2.28 bits per heavy atom. The summed E-state index contributed by atoms with van der Waals surface area (Å²) in [6.45, 7) is 0. The minimum absolute atomic E-state index is 0.419. The molecule has 0 spiro atoms. The number of carbonyl (C=O) groups is 2. The number of benzene rings is 1. The minimum atomic E-state index is -5.22. The maximum absolute atomic E-state index is 12.0. The summed E-state index contributed by atoms with van der Waals surface area (Å²) in [7, 11) is 0. The van der Waals surface area contributed by atoms with Crippen LogP contribution >= 0.6 is 11.6 Å². The van der Waals surface area contributed by atoms with Crippen molar-refractivity contribution < 1.29 is 33.0 Å². The second-order valence-corrected chi connectivity index (χ2v) is 3.48. The van der Waals surface area contributed by atoms with Crippen molar-refractivity contribution in [2.75, 3.05) is 5.32 Å². The van der Waals surface area contributed by atoms with E-state index in [1.807, 2.05) is 0 Å². The third kappa shape index (κ3) is 2.83. The van der Waals surface area contributed by atoms with Crippen LogP contribution in [0.15, 0.2) is 12.1 Å². The first-order valence-corrected chi connectivity index (χ1v) is 4.65. The van der Waals surface area contributed by atoms with Crippen LogP contribution in [0.5, 0.6) is 5.75 Å². The number of carboxylic acids is 1. The van der Waals surface area contributed by atoms with Gasteiger partial charge in [-0.05, 0) is 12.1 Å². The third-order valence-electron chi connectivity index (χ3n) is 1.84. The number of amides is 1. The molecule has 0 aliphatic heterocycles. The monoisotopic (exact) mass is 283 g/mol. The number of phenolic OH excluding ortho intramolecular Hbond substituents is 1. The summed E-state index contributed by atoms with van der Waals surface area (Å²) in [5, 5.41) is 18.9. The molecular weight excluding hydrogens is 279 g/mol. The van der Waals surface area contributed by atoms with Crippen molar-refractivity contribution in [3.63, 3.8) is 0 Å². The summed E-state index contributed by atoms with van der Waals surface area (Å²) in [6, 6.07) is 1.84. The number of anilines is 1. The molecule has 0 bridgehead atoms. The first-order chi connectivity index (χ1) is 8.14. The highest BCUT2D eigenvalue weighted by Gasteiger charge is 2.39. The van der Waals surface area contributed by atoms with Crippen LogP contribution < -0.4 is 5.32 Å². The molecule has 0 unspecified atom stereocenters. The Balaban J connectivity index is 3.28. The Bertz CT molecular complexity index is 515. The van der Waals surface area contributed by atoms with Gasteiger partial charge in [-0.25, -0.2) is 4.79 Å². The minimum Gasteiger partial charge on any atom is -0.506 e. The molecular formula is C9H5ClF3NO4. The van der Waals surface area contributed by atoms with Gasteiger partial charge in [-0.1, -0.05) is 11.6 Å². The van der Waals surface area contributed by atoms with E-state index in [-0.39, 0.29) is 0 Å². The number of carbonyl (C=O) groups excluding carboxylic acids is 1. The Labute approximate surface area is 103 Å². The SMILES string of the molecule is O=C(O)c1c(Cl)ccc(O)c1NC(=O)C(F)(F)F. The van der Waals surface area contributed by atoms with E-state index in [2.05, 4.69) is 0 Å². The zero-order chi connectivity index (χ0) is 14.1. The average molecular weight is 284 g/mol. The lowest BCUT2D eigenvalue weighted by Gasteiger charge is -2.12. The smallest absolute Gasteiger partial charge is 0.471 e. The molecule has 18 heavy (non-hydrogen) atoms. The fourth-order valence-electron chi connectivity index (χ4n) is 1.09. The molecule has 1 aromatic rings. The van der Waals surface area contributed by atoms with Gasteiger partial charge in [-0.2, -0.15) is 13.2 Å². The Morgan fingerprint density at radius 1 is 1.28 bits per heavy atom. The number of hydrogen-bond acceptors (Lipinski definition) is 3. The van der Waals surface area contributed by atoms with Crippen molar-refractivity contribution in [1.29, 1.82) is 0 Å². The van der Waals surface area contributed by atoms with Gasteiger partial charge in [0.1, 0.15) is 11.3 Å². The third-order valence-corrected chi connectivity index (χ3v) is 2.16. The molecule has 0 fully saturated rings. The van der Waals surface area contributed by atoms with Crippen molar-refractivity contribution in [2.24, 2.45) is 0 Å². The van der Waals surface area contributed by atoms with Gasteiger partial charge >= 0.3 is 18.1 Å². The lowest BCUT2D eigenvalue weighted by Crippen LogP contribution is -2.30. The molecule has 0 radical (unpaired) electrons. The van der Waals surface area contributed by atoms with Crippen molar-refractivity contribution in [3.8, 4) is 5.75 Å². The standard InChI is InChI=1S/C9H5ClF3NO4/c10-3-1-2-4(15)6(5(3)7(16)17)14-8(18)9(11,12)13/h1-2,15H,(H,14,18)(H,16,17). The van der Waals surface area contributed by atoms with Gasteiger partial charge in [0.05, 0.1) is 10.7 Å². The summed E-state index contributed by atoms with van der Waals surface area (Å²) in [6.07, 6.45) is -5.22. The van der Waals surface area contributed by atoms with Gasteiger partial charge in [-0.3, -0.25) is 4.79 Å². The van der Waals surface area contributed by atoms with Crippen LogP contribution in [-0.4, -0.2) is 28.3 Å². The summed E-state index contributed by atoms with van der Waals surface area (Å²) < 4.78 is 36.1. The zero-order valence-electron chi connectivity index (χ0n) is 8.38. The predicted molar refractivity (Wildman–Crippen MR) is 54.8 cm³/mol. The average Bonchev–Trinajstić information content (AvgIpc) is 2.21. The largest absolute Gasteiger partial charge is 0.506 e. The van der Waals surface area contributed by atoms with E-state index in [1.54, 1.807) is 0 Å². The van der Waals surface area contributed by atoms with Gasteiger partial charge in [0.2, 0.25) is 0 Å². The molecule has 0 aromatic heterocycles. The molecule has 0 aliphatic carbocycles. The van der Waals surface area contributed by atoms with Crippen LogP contribution in [0.4, 0.5) is 18.9 Å². The highest BCUT2D eigenvalue weighted by molar-refractivity contribution is 6.34. The number of rotatable bonds is 2. The second-order valence-electron chi connectivity index (χ2n) is 3.07. The van der Waals surface area contributed by atoms with Crippen LogP contribution in [0.1, 0.15) is 10.4 Å². The van der Waals surface area contributed by atoms with E-state index in [0.717, 1.165) is 12.1 Å². The number of nitrogens with one attached hydrogen (secondary N) is 1. The summed E-state index contributed by atoms with van der Waals surface area (Å²) in [5.74, 6) is -4.94. The fraction of sp³-hybridized carbons (Fsp3) is 0.111. The lowest BCUT2D eigenvalue weighted by molar-refractivity contribution is -0.167. The van der Waals surface area contributed by atoms with Crippen molar-refractivity contribution in [3.05, 3.63) is 22.7 Å². The van der Waals surface area contributed by atoms with E-state index < -0.39 is 40.1 Å². The van der Waals surface area contributed by atoms with Gasteiger partial charge in [-0.15, -0.1) is 0 Å². The summed E-state index contributed by atoms with van der Waals surface area (Å²) in [4.78, 5) is 21.5. The van der Waals surface area contributed by atoms with Crippen molar-refractivity contribution in [1.82, 2.24) is 0 Å². The summed E-state index contributed by atoms with van der Waals surface area (Å²) in [5.41, 5.74) is -1.73. The number of carboxylic acid groups (broad SMARTS) is 1. The molecule has 3 N–H and O–H groups in total.